The van der Waals surface area contributed by atoms with Gasteiger partial charge in [-0.15, -0.1) is 0 Å². The van der Waals surface area contributed by atoms with Crippen molar-refractivity contribution in [2.24, 2.45) is 0 Å². The molecule has 0 aliphatic carbocycles. The second kappa shape index (κ2) is 3.46. The number of rotatable bonds is 2. The van der Waals surface area contributed by atoms with E-state index in [1.807, 2.05) is 0 Å². The van der Waals surface area contributed by atoms with Gasteiger partial charge in [0.2, 0.25) is 5.82 Å². The third-order valence-corrected chi connectivity index (χ3v) is 1.42. The molecule has 5 heteroatoms. The Morgan fingerprint density at radius 1 is 1.33 bits per heavy atom. The molecule has 0 saturated carbocycles. The predicted octanol–water partition coefficient (Wildman–Crippen LogP) is 1.15. The molecule has 0 spiro atoms. The zero-order valence-electron chi connectivity index (χ0n) is 6.01. The molecule has 0 heterocycles. The quantitative estimate of drug-likeness (QED) is 0.591. The summed E-state index contributed by atoms with van der Waals surface area (Å²) in [4.78, 5) is 0. The van der Waals surface area contributed by atoms with Gasteiger partial charge in [-0.05, 0) is 6.07 Å². The Labute approximate surface area is 67.2 Å². The van der Waals surface area contributed by atoms with E-state index in [0.29, 0.717) is 0 Å². The van der Waals surface area contributed by atoms with Crippen molar-refractivity contribution in [1.29, 1.82) is 0 Å². The molecule has 0 saturated heterocycles. The molecule has 1 aromatic rings. The zero-order chi connectivity index (χ0) is 9.14. The highest BCUT2D eigenvalue weighted by molar-refractivity contribution is 5.34. The molecule has 12 heavy (non-hydrogen) atoms. The van der Waals surface area contributed by atoms with Crippen LogP contribution < -0.4 is 5.48 Å². The van der Waals surface area contributed by atoms with Crippen LogP contribution in [0.5, 0.6) is 5.75 Å². The zero-order valence-corrected chi connectivity index (χ0v) is 6.01. The van der Waals surface area contributed by atoms with Gasteiger partial charge in [0.05, 0.1) is 0 Å². The van der Waals surface area contributed by atoms with Crippen molar-refractivity contribution in [2.75, 3.05) is 0 Å². The van der Waals surface area contributed by atoms with E-state index in [2.05, 4.69) is 0 Å². The maximum absolute atomic E-state index is 12.6. The van der Waals surface area contributed by atoms with Gasteiger partial charge < -0.3 is 10.3 Å². The smallest absolute Gasteiger partial charge is 0.200 e. The summed E-state index contributed by atoms with van der Waals surface area (Å²) >= 11 is 0. The van der Waals surface area contributed by atoms with Crippen molar-refractivity contribution in [3.05, 3.63) is 29.3 Å². The molecule has 0 atom stereocenters. The van der Waals surface area contributed by atoms with Crippen molar-refractivity contribution in [3.63, 3.8) is 0 Å². The summed E-state index contributed by atoms with van der Waals surface area (Å²) < 4.78 is 25.0. The van der Waals surface area contributed by atoms with Crippen molar-refractivity contribution in [2.45, 2.75) is 6.54 Å². The summed E-state index contributed by atoms with van der Waals surface area (Å²) in [5, 5.41) is 17.2. The lowest BCUT2D eigenvalue weighted by Crippen LogP contribution is -2.07. The van der Waals surface area contributed by atoms with Gasteiger partial charge in [-0.3, -0.25) is 0 Å². The Hall–Kier alpha value is -1.20. The van der Waals surface area contributed by atoms with Crippen LogP contribution in [0.3, 0.4) is 0 Å². The van der Waals surface area contributed by atoms with E-state index in [-0.39, 0.29) is 12.1 Å². The summed E-state index contributed by atoms with van der Waals surface area (Å²) in [5.74, 6) is -3.20. The number of hydrogen-bond acceptors (Lipinski definition) is 3. The first-order valence-corrected chi connectivity index (χ1v) is 3.19. The Morgan fingerprint density at radius 3 is 2.58 bits per heavy atom. The highest BCUT2D eigenvalue weighted by atomic mass is 19.2. The van der Waals surface area contributed by atoms with E-state index in [9.17, 15) is 8.78 Å². The molecule has 0 bridgehead atoms. The van der Waals surface area contributed by atoms with Crippen LogP contribution in [0.2, 0.25) is 0 Å². The first kappa shape index (κ1) is 8.89. The minimum atomic E-state index is -1.30. The van der Waals surface area contributed by atoms with Crippen molar-refractivity contribution >= 4 is 0 Å². The molecule has 0 fully saturated rings. The van der Waals surface area contributed by atoms with E-state index in [4.69, 9.17) is 10.3 Å². The van der Waals surface area contributed by atoms with Gasteiger partial charge in [-0.2, -0.15) is 4.39 Å². The van der Waals surface area contributed by atoms with Crippen molar-refractivity contribution in [1.82, 2.24) is 5.48 Å². The molecule has 0 aromatic heterocycles. The number of hydroxylamine groups is 1. The molecule has 3 nitrogen and oxygen atoms in total. The third kappa shape index (κ3) is 1.51. The Balaban J connectivity index is 3.08. The molecule has 0 unspecified atom stereocenters. The maximum atomic E-state index is 12.6. The minimum Gasteiger partial charge on any atom is -0.505 e. The number of phenolic OH excluding ortho intramolecular Hbond substituents is 1. The van der Waals surface area contributed by atoms with E-state index in [1.165, 1.54) is 6.07 Å². The van der Waals surface area contributed by atoms with Crippen LogP contribution in [0.1, 0.15) is 5.56 Å². The van der Waals surface area contributed by atoms with Gasteiger partial charge in [0.25, 0.3) is 0 Å². The molecule has 66 valence electrons. The number of hydrogen-bond donors (Lipinski definition) is 3. The first-order valence-electron chi connectivity index (χ1n) is 3.19. The second-order valence-corrected chi connectivity index (χ2v) is 2.20. The largest absolute Gasteiger partial charge is 0.505 e. The average Bonchev–Trinajstić information content (AvgIpc) is 2.07. The number of phenols is 1. The summed E-state index contributed by atoms with van der Waals surface area (Å²) in [5.41, 5.74) is 1.82. The molecule has 1 rings (SSSR count). The number of aromatic hydroxyl groups is 1. The summed E-state index contributed by atoms with van der Waals surface area (Å²) in [6, 6.07) is 2.05. The lowest BCUT2D eigenvalue weighted by atomic mass is 10.2. The fourth-order valence-corrected chi connectivity index (χ4v) is 0.808. The maximum Gasteiger partial charge on any atom is 0.200 e. The van der Waals surface area contributed by atoms with Crippen molar-refractivity contribution < 1.29 is 19.1 Å². The van der Waals surface area contributed by atoms with Crippen LogP contribution in [0, 0.1) is 11.6 Å². The van der Waals surface area contributed by atoms with Gasteiger partial charge in [-0.25, -0.2) is 9.87 Å². The van der Waals surface area contributed by atoms with Gasteiger partial charge in [0.1, 0.15) is 0 Å². The normalized spacial score (nSPS) is 10.2. The highest BCUT2D eigenvalue weighted by Gasteiger charge is 2.11. The molecule has 1 aromatic carbocycles. The van der Waals surface area contributed by atoms with Crippen LogP contribution in [-0.4, -0.2) is 10.3 Å². The molecular weight excluding hydrogens is 168 g/mol. The Kier molecular flexibility index (Phi) is 2.57. The monoisotopic (exact) mass is 175 g/mol. The molecule has 0 aliphatic heterocycles. The van der Waals surface area contributed by atoms with E-state index >= 15 is 0 Å². The molecule has 3 N–H and O–H groups in total. The van der Waals surface area contributed by atoms with E-state index in [0.717, 1.165) is 6.07 Å². The SMILES string of the molecule is ONCc1ccc(F)c(F)c1O. The molecular formula is C7H7F2NO2. The lowest BCUT2D eigenvalue weighted by molar-refractivity contribution is 0.160. The minimum absolute atomic E-state index is 0.0939. The van der Waals surface area contributed by atoms with Gasteiger partial charge in [0, 0.05) is 12.1 Å². The van der Waals surface area contributed by atoms with Gasteiger partial charge in [-0.1, -0.05) is 6.07 Å². The summed E-state index contributed by atoms with van der Waals surface area (Å²) in [7, 11) is 0. The van der Waals surface area contributed by atoms with Crippen molar-refractivity contribution in [3.8, 4) is 5.75 Å². The topological polar surface area (TPSA) is 52.5 Å². The van der Waals surface area contributed by atoms with Gasteiger partial charge >= 0.3 is 0 Å². The van der Waals surface area contributed by atoms with Crippen LogP contribution in [-0.2, 0) is 6.54 Å². The van der Waals surface area contributed by atoms with Crippen LogP contribution in [0.15, 0.2) is 12.1 Å². The summed E-state index contributed by atoms with van der Waals surface area (Å²) in [6.07, 6.45) is 0. The number of halogens is 2. The highest BCUT2D eigenvalue weighted by Crippen LogP contribution is 2.22. The van der Waals surface area contributed by atoms with Crippen LogP contribution in [0.4, 0.5) is 8.78 Å². The van der Waals surface area contributed by atoms with E-state index in [1.54, 1.807) is 5.48 Å². The fourth-order valence-electron chi connectivity index (χ4n) is 0.808. The Morgan fingerprint density at radius 2 is 2.00 bits per heavy atom. The average molecular weight is 175 g/mol. The first-order chi connectivity index (χ1) is 5.66. The van der Waals surface area contributed by atoms with E-state index < -0.39 is 17.4 Å². The molecule has 0 radical (unpaired) electrons. The lowest BCUT2D eigenvalue weighted by Gasteiger charge is -2.03. The predicted molar refractivity (Wildman–Crippen MR) is 36.6 cm³/mol. The Bertz CT molecular complexity index is 291. The van der Waals surface area contributed by atoms with Gasteiger partial charge in [0.15, 0.2) is 11.6 Å². The fraction of sp³-hybridized carbons (Fsp3) is 0.143. The standard InChI is InChI=1S/C7H7F2NO2/c8-5-2-1-4(3-10-12)7(11)6(5)9/h1-2,10-12H,3H2. The number of nitrogens with one attached hydrogen (secondary N) is 1. The third-order valence-electron chi connectivity index (χ3n) is 1.42. The molecule has 0 amide bonds. The number of benzene rings is 1. The van der Waals surface area contributed by atoms with Crippen LogP contribution in [0.25, 0.3) is 0 Å². The van der Waals surface area contributed by atoms with Crippen LogP contribution >= 0.6 is 0 Å². The second-order valence-electron chi connectivity index (χ2n) is 2.20. The summed E-state index contributed by atoms with van der Waals surface area (Å²) in [6.45, 7) is -0.136. The molecule has 0 aliphatic rings.